The molecule has 1 amide bonds. The van der Waals surface area contributed by atoms with Crippen molar-refractivity contribution in [2.24, 2.45) is 0 Å². The van der Waals surface area contributed by atoms with E-state index in [0.717, 1.165) is 15.6 Å². The summed E-state index contributed by atoms with van der Waals surface area (Å²) in [5.41, 5.74) is 3.09. The van der Waals surface area contributed by atoms with E-state index >= 15 is 0 Å². The first-order valence-corrected chi connectivity index (χ1v) is 10.6. The number of benzene rings is 3. The molecule has 5 rings (SSSR count). The maximum absolute atomic E-state index is 13.6. The number of methoxy groups -OCH3 is 1. The highest BCUT2D eigenvalue weighted by molar-refractivity contribution is 9.10. The lowest BCUT2D eigenvalue weighted by molar-refractivity contribution is 0.0971. The largest absolute Gasteiger partial charge is 0.497 e. The fourth-order valence-corrected chi connectivity index (χ4v) is 4.40. The Hall–Kier alpha value is -3.38. The molecule has 4 aromatic rings. The first-order chi connectivity index (χ1) is 15.0. The van der Waals surface area contributed by atoms with Crippen LogP contribution in [0.3, 0.4) is 0 Å². The average molecular weight is 476 g/mol. The zero-order valence-electron chi connectivity index (χ0n) is 16.9. The number of fused-ring (bicyclic) bond motifs is 2. The highest BCUT2D eigenvalue weighted by Crippen LogP contribution is 2.42. The van der Waals surface area contributed by atoms with E-state index in [1.165, 1.54) is 0 Å². The first-order valence-electron chi connectivity index (χ1n) is 9.78. The Balaban J connectivity index is 1.81. The summed E-state index contributed by atoms with van der Waals surface area (Å²) in [6.45, 7) is 2.00. The summed E-state index contributed by atoms with van der Waals surface area (Å²) in [6, 6.07) is 19.7. The molecule has 1 unspecified atom stereocenters. The average Bonchev–Trinajstić information content (AvgIpc) is 3.07. The normalized spacial score (nSPS) is 15.4. The van der Waals surface area contributed by atoms with Gasteiger partial charge in [0.1, 0.15) is 11.3 Å². The fourth-order valence-electron chi connectivity index (χ4n) is 4.04. The Kier molecular flexibility index (Phi) is 4.67. The Morgan fingerprint density at radius 1 is 1.00 bits per heavy atom. The van der Waals surface area contributed by atoms with E-state index in [9.17, 15) is 9.59 Å². The molecule has 31 heavy (non-hydrogen) atoms. The number of halogens is 1. The topological polar surface area (TPSA) is 59.8 Å². The van der Waals surface area contributed by atoms with E-state index in [4.69, 9.17) is 9.15 Å². The van der Waals surface area contributed by atoms with Crippen LogP contribution in [0.5, 0.6) is 5.75 Å². The van der Waals surface area contributed by atoms with Gasteiger partial charge in [0.25, 0.3) is 5.91 Å². The second-order valence-electron chi connectivity index (χ2n) is 7.50. The molecule has 6 heteroatoms. The maximum atomic E-state index is 13.6. The van der Waals surface area contributed by atoms with E-state index < -0.39 is 6.04 Å². The van der Waals surface area contributed by atoms with Gasteiger partial charge in [0.2, 0.25) is 5.76 Å². The number of nitrogens with zero attached hydrogens (tertiary/aromatic N) is 1. The molecule has 0 radical (unpaired) electrons. The third kappa shape index (κ3) is 3.15. The molecule has 0 N–H and O–H groups in total. The van der Waals surface area contributed by atoms with Crippen molar-refractivity contribution in [1.29, 1.82) is 0 Å². The van der Waals surface area contributed by atoms with Crippen molar-refractivity contribution in [2.45, 2.75) is 13.0 Å². The summed E-state index contributed by atoms with van der Waals surface area (Å²) in [7, 11) is 1.58. The minimum Gasteiger partial charge on any atom is -0.497 e. The van der Waals surface area contributed by atoms with Gasteiger partial charge in [-0.05, 0) is 42.8 Å². The molecule has 0 aliphatic carbocycles. The van der Waals surface area contributed by atoms with Gasteiger partial charge in [-0.25, -0.2) is 0 Å². The van der Waals surface area contributed by atoms with Gasteiger partial charge in [-0.2, -0.15) is 0 Å². The monoisotopic (exact) mass is 475 g/mol. The maximum Gasteiger partial charge on any atom is 0.295 e. The number of carbonyl (C=O) groups excluding carboxylic acids is 1. The number of aryl methyl sites for hydroxylation is 1. The van der Waals surface area contributed by atoms with Crippen LogP contribution in [0.2, 0.25) is 0 Å². The summed E-state index contributed by atoms with van der Waals surface area (Å²) < 4.78 is 12.1. The van der Waals surface area contributed by atoms with Crippen LogP contribution in [-0.2, 0) is 0 Å². The third-order valence-electron chi connectivity index (χ3n) is 5.56. The Morgan fingerprint density at radius 3 is 2.52 bits per heavy atom. The SMILES string of the molecule is COc1cccc(N2C(=O)c3oc4ccc(Br)cc4c(=O)c3C2c2ccc(C)cc2)c1. The van der Waals surface area contributed by atoms with Crippen LogP contribution in [0.25, 0.3) is 11.0 Å². The van der Waals surface area contributed by atoms with Crippen molar-refractivity contribution in [1.82, 2.24) is 0 Å². The standard InChI is InChI=1S/C25H18BrNO4/c1-14-6-8-15(9-7-14)22-21-23(28)19-12-16(26)10-11-20(19)31-24(21)25(29)27(22)17-4-3-5-18(13-17)30-2/h3-13,22H,1-2H3. The van der Waals surface area contributed by atoms with Crippen LogP contribution in [-0.4, -0.2) is 13.0 Å². The van der Waals surface area contributed by atoms with Gasteiger partial charge < -0.3 is 9.15 Å². The van der Waals surface area contributed by atoms with Crippen LogP contribution < -0.4 is 15.1 Å². The molecule has 3 aromatic carbocycles. The van der Waals surface area contributed by atoms with Crippen LogP contribution in [0.4, 0.5) is 5.69 Å². The molecule has 1 aromatic heterocycles. The fraction of sp³-hybridized carbons (Fsp3) is 0.120. The molecule has 0 saturated carbocycles. The molecule has 0 spiro atoms. The molecular weight excluding hydrogens is 458 g/mol. The number of anilines is 1. The van der Waals surface area contributed by atoms with Crippen molar-refractivity contribution in [3.8, 4) is 5.75 Å². The quantitative estimate of drug-likeness (QED) is 0.385. The van der Waals surface area contributed by atoms with Gasteiger partial charge >= 0.3 is 0 Å². The molecule has 2 heterocycles. The van der Waals surface area contributed by atoms with Gasteiger partial charge in [0.05, 0.1) is 24.1 Å². The number of hydrogen-bond acceptors (Lipinski definition) is 4. The van der Waals surface area contributed by atoms with Crippen molar-refractivity contribution < 1.29 is 13.9 Å². The van der Waals surface area contributed by atoms with Crippen molar-refractivity contribution in [3.05, 3.63) is 104 Å². The Morgan fingerprint density at radius 2 is 1.77 bits per heavy atom. The third-order valence-corrected chi connectivity index (χ3v) is 6.05. The minimum atomic E-state index is -0.602. The zero-order chi connectivity index (χ0) is 21.7. The summed E-state index contributed by atoms with van der Waals surface area (Å²) in [5.74, 6) is 0.348. The second-order valence-corrected chi connectivity index (χ2v) is 8.42. The minimum absolute atomic E-state index is 0.0771. The van der Waals surface area contributed by atoms with Crippen molar-refractivity contribution in [3.63, 3.8) is 0 Å². The van der Waals surface area contributed by atoms with Crippen LogP contribution in [0, 0.1) is 6.92 Å². The Labute approximate surface area is 187 Å². The predicted octanol–water partition coefficient (Wildman–Crippen LogP) is 5.62. The van der Waals surface area contributed by atoms with Crippen LogP contribution >= 0.6 is 15.9 Å². The lowest BCUT2D eigenvalue weighted by atomic mass is 9.97. The first kappa shape index (κ1) is 19.6. The van der Waals surface area contributed by atoms with Gasteiger partial charge in [-0.15, -0.1) is 0 Å². The number of rotatable bonds is 3. The van der Waals surface area contributed by atoms with E-state index in [1.54, 1.807) is 36.3 Å². The summed E-state index contributed by atoms with van der Waals surface area (Å²) in [6.07, 6.45) is 0. The smallest absolute Gasteiger partial charge is 0.295 e. The highest BCUT2D eigenvalue weighted by Gasteiger charge is 2.43. The second kappa shape index (κ2) is 7.39. The number of carbonyl (C=O) groups is 1. The molecule has 0 bridgehead atoms. The Bertz CT molecular complexity index is 1390. The molecule has 0 fully saturated rings. The highest BCUT2D eigenvalue weighted by atomic mass is 79.9. The van der Waals surface area contributed by atoms with Gasteiger partial charge in [-0.3, -0.25) is 14.5 Å². The van der Waals surface area contributed by atoms with E-state index in [2.05, 4.69) is 15.9 Å². The molecule has 1 atom stereocenters. The molecule has 5 nitrogen and oxygen atoms in total. The summed E-state index contributed by atoms with van der Waals surface area (Å²) in [5, 5.41) is 0.436. The van der Waals surface area contributed by atoms with Crippen LogP contribution in [0.15, 0.2) is 80.4 Å². The lowest BCUT2D eigenvalue weighted by Crippen LogP contribution is -2.29. The molecule has 0 saturated heterocycles. The van der Waals surface area contributed by atoms with E-state index in [1.807, 2.05) is 49.4 Å². The van der Waals surface area contributed by atoms with Crippen molar-refractivity contribution in [2.75, 3.05) is 12.0 Å². The molecular formula is C25H18BrNO4. The number of hydrogen-bond donors (Lipinski definition) is 0. The van der Waals surface area contributed by atoms with Gasteiger partial charge in [0.15, 0.2) is 5.43 Å². The van der Waals surface area contributed by atoms with Crippen LogP contribution in [0.1, 0.15) is 33.3 Å². The van der Waals surface area contributed by atoms with E-state index in [0.29, 0.717) is 28.0 Å². The van der Waals surface area contributed by atoms with Gasteiger partial charge in [-0.1, -0.05) is 51.8 Å². The number of amides is 1. The molecule has 154 valence electrons. The molecule has 1 aliphatic heterocycles. The molecule has 1 aliphatic rings. The summed E-state index contributed by atoms with van der Waals surface area (Å²) >= 11 is 3.42. The predicted molar refractivity (Wildman–Crippen MR) is 123 cm³/mol. The number of ether oxygens (including phenoxy) is 1. The summed E-state index contributed by atoms with van der Waals surface area (Å²) in [4.78, 5) is 28.7. The zero-order valence-corrected chi connectivity index (χ0v) is 18.5. The lowest BCUT2D eigenvalue weighted by Gasteiger charge is -2.25. The van der Waals surface area contributed by atoms with Gasteiger partial charge in [0, 0.05) is 16.2 Å². The van der Waals surface area contributed by atoms with Crippen molar-refractivity contribution >= 4 is 38.5 Å². The van der Waals surface area contributed by atoms with E-state index in [-0.39, 0.29) is 17.1 Å².